The maximum Gasteiger partial charge on any atom is 0.269 e. The maximum atomic E-state index is 10.7. The highest BCUT2D eigenvalue weighted by Crippen LogP contribution is 2.16. The van der Waals surface area contributed by atoms with Crippen LogP contribution in [0.5, 0.6) is 0 Å². The molecule has 1 aromatic carbocycles. The first-order valence-electron chi connectivity index (χ1n) is 7.74. The number of benzene rings is 1. The average molecular weight is 341 g/mol. The van der Waals surface area contributed by atoms with E-state index in [1.807, 2.05) is 12.1 Å². The Morgan fingerprint density at radius 3 is 2.44 bits per heavy atom. The number of pyridine rings is 1. The van der Waals surface area contributed by atoms with Gasteiger partial charge < -0.3 is 9.90 Å². The predicted octanol–water partition coefficient (Wildman–Crippen LogP) is 2.12. The van der Waals surface area contributed by atoms with Crippen LogP contribution in [0.1, 0.15) is 31.4 Å². The van der Waals surface area contributed by atoms with Gasteiger partial charge in [0.1, 0.15) is 0 Å². The summed E-state index contributed by atoms with van der Waals surface area (Å²) < 4.78 is 0. The van der Waals surface area contributed by atoms with Crippen molar-refractivity contribution < 1.29 is 14.8 Å². The summed E-state index contributed by atoms with van der Waals surface area (Å²) in [4.78, 5) is 24.9. The number of hydrazone groups is 1. The van der Waals surface area contributed by atoms with Crippen molar-refractivity contribution in [3.8, 4) is 0 Å². The number of nitro benzene ring substituents is 1. The molecule has 2 aromatic rings. The highest BCUT2D eigenvalue weighted by atomic mass is 16.6. The number of nitro groups is 1. The number of nitrogens with one attached hydrogen (secondary N) is 1. The zero-order chi connectivity index (χ0) is 18.1. The van der Waals surface area contributed by atoms with Gasteiger partial charge in [-0.1, -0.05) is 6.07 Å². The summed E-state index contributed by atoms with van der Waals surface area (Å²) in [5, 5.41) is 25.5. The number of carboxylic acids is 1. The van der Waals surface area contributed by atoms with Crippen molar-refractivity contribution in [2.24, 2.45) is 5.10 Å². The van der Waals surface area contributed by atoms with E-state index in [9.17, 15) is 20.0 Å². The van der Waals surface area contributed by atoms with E-state index in [4.69, 9.17) is 0 Å². The molecule has 25 heavy (non-hydrogen) atoms. The molecule has 0 spiro atoms. The van der Waals surface area contributed by atoms with Gasteiger partial charge in [-0.3, -0.25) is 20.5 Å². The van der Waals surface area contributed by atoms with E-state index in [1.54, 1.807) is 24.4 Å². The third-order valence-electron chi connectivity index (χ3n) is 3.40. The Labute approximate surface area is 144 Å². The molecule has 0 amide bonds. The predicted molar refractivity (Wildman–Crippen MR) is 91.0 cm³/mol. The molecule has 1 aromatic heterocycles. The number of nitrogens with zero attached hydrogens (tertiary/aromatic N) is 3. The number of aromatic nitrogens is 1. The van der Waals surface area contributed by atoms with E-state index in [1.165, 1.54) is 12.1 Å². The van der Waals surface area contributed by atoms with Gasteiger partial charge in [0.25, 0.3) is 5.69 Å². The van der Waals surface area contributed by atoms with Gasteiger partial charge in [-0.15, -0.1) is 0 Å². The van der Waals surface area contributed by atoms with Crippen LogP contribution in [0.15, 0.2) is 53.8 Å². The van der Waals surface area contributed by atoms with Gasteiger partial charge in [-0.05, 0) is 49.9 Å². The van der Waals surface area contributed by atoms with Crippen LogP contribution in [0.3, 0.4) is 0 Å². The number of carbonyl (C=O) groups is 1. The van der Waals surface area contributed by atoms with Crippen molar-refractivity contribution in [2.45, 2.75) is 25.7 Å². The molecular formula is C17H17N4O4-. The minimum Gasteiger partial charge on any atom is -0.550 e. The molecule has 0 fully saturated rings. The second-order valence-corrected chi connectivity index (χ2v) is 5.27. The molecule has 0 bridgehead atoms. The topological polar surface area (TPSA) is 121 Å². The fourth-order valence-electron chi connectivity index (χ4n) is 2.13. The molecule has 0 unspecified atom stereocenters. The minimum atomic E-state index is -1.07. The molecule has 0 aliphatic rings. The molecule has 0 saturated carbocycles. The molecule has 0 aliphatic heterocycles. The quantitative estimate of drug-likeness (QED) is 0.323. The standard InChI is InChI=1S/C17H18N4O4/c22-17(23)7-2-1-6-16(15-5-3-4-12-18-15)20-19-13-8-10-14(11-9-13)21(24)25/h3-5,8-12,19H,1-2,6-7H2,(H,22,23)/p-1. The van der Waals surface area contributed by atoms with Crippen LogP contribution in [-0.4, -0.2) is 21.6 Å². The van der Waals surface area contributed by atoms with Crippen LogP contribution < -0.4 is 10.5 Å². The van der Waals surface area contributed by atoms with Crippen molar-refractivity contribution in [3.05, 3.63) is 64.5 Å². The van der Waals surface area contributed by atoms with Gasteiger partial charge in [0, 0.05) is 24.3 Å². The van der Waals surface area contributed by atoms with Gasteiger partial charge in [-0.25, -0.2) is 0 Å². The maximum absolute atomic E-state index is 10.7. The lowest BCUT2D eigenvalue weighted by Crippen LogP contribution is -2.21. The number of non-ortho nitro benzene ring substituents is 1. The summed E-state index contributed by atoms with van der Waals surface area (Å²) in [5.41, 5.74) is 4.83. The van der Waals surface area contributed by atoms with E-state index in [0.717, 1.165) is 0 Å². The number of unbranched alkanes of at least 4 members (excludes halogenated alkanes) is 1. The van der Waals surface area contributed by atoms with Crippen LogP contribution >= 0.6 is 0 Å². The first-order chi connectivity index (χ1) is 12.1. The SMILES string of the molecule is O=C([O-])CCCCC(=NNc1ccc([N+](=O)[O-])cc1)c1ccccn1. The van der Waals surface area contributed by atoms with E-state index < -0.39 is 10.9 Å². The van der Waals surface area contributed by atoms with Gasteiger partial charge in [0.15, 0.2) is 0 Å². The highest BCUT2D eigenvalue weighted by Gasteiger charge is 2.07. The third kappa shape index (κ3) is 6.02. The molecule has 1 heterocycles. The normalized spacial score (nSPS) is 11.1. The summed E-state index contributed by atoms with van der Waals surface area (Å²) in [6.45, 7) is 0. The van der Waals surface area contributed by atoms with Crippen LogP contribution in [0.25, 0.3) is 0 Å². The Hall–Kier alpha value is -3.29. The Balaban J connectivity index is 2.07. The van der Waals surface area contributed by atoms with E-state index >= 15 is 0 Å². The highest BCUT2D eigenvalue weighted by molar-refractivity contribution is 5.99. The van der Waals surface area contributed by atoms with Crippen molar-refractivity contribution in [1.29, 1.82) is 0 Å². The number of hydrogen-bond acceptors (Lipinski definition) is 7. The summed E-state index contributed by atoms with van der Waals surface area (Å²) in [6.07, 6.45) is 3.32. The molecule has 8 nitrogen and oxygen atoms in total. The molecule has 2 rings (SSSR count). The zero-order valence-electron chi connectivity index (χ0n) is 13.4. The number of aliphatic carboxylic acids is 1. The number of anilines is 1. The molecule has 0 aliphatic carbocycles. The zero-order valence-corrected chi connectivity index (χ0v) is 13.4. The molecule has 1 N–H and O–H groups in total. The summed E-state index contributed by atoms with van der Waals surface area (Å²) in [5.74, 6) is -1.07. The first-order valence-corrected chi connectivity index (χ1v) is 7.74. The molecule has 0 radical (unpaired) electrons. The first kappa shape index (κ1) is 18.1. The van der Waals surface area contributed by atoms with Crippen molar-refractivity contribution in [3.63, 3.8) is 0 Å². The molecule has 0 atom stereocenters. The monoisotopic (exact) mass is 341 g/mol. The van der Waals surface area contributed by atoms with Crippen LogP contribution in [0.2, 0.25) is 0 Å². The van der Waals surface area contributed by atoms with Gasteiger partial charge in [0.05, 0.1) is 22.0 Å². The average Bonchev–Trinajstić information content (AvgIpc) is 2.62. The number of carbonyl (C=O) groups excluding carboxylic acids is 1. The number of carboxylic acid groups (broad SMARTS) is 1. The Morgan fingerprint density at radius 1 is 1.12 bits per heavy atom. The smallest absolute Gasteiger partial charge is 0.269 e. The van der Waals surface area contributed by atoms with Crippen molar-refractivity contribution in [1.82, 2.24) is 4.98 Å². The number of hydrogen-bond donors (Lipinski definition) is 1. The number of rotatable bonds is 9. The Kier molecular flexibility index (Phi) is 6.58. The molecule has 130 valence electrons. The minimum absolute atomic E-state index is 0.00163. The van der Waals surface area contributed by atoms with E-state index in [0.29, 0.717) is 36.4 Å². The van der Waals surface area contributed by atoms with Gasteiger partial charge in [0.2, 0.25) is 0 Å². The van der Waals surface area contributed by atoms with Crippen molar-refractivity contribution >= 4 is 23.1 Å². The van der Waals surface area contributed by atoms with Crippen LogP contribution in [0, 0.1) is 10.1 Å². The Morgan fingerprint density at radius 2 is 1.84 bits per heavy atom. The third-order valence-corrected chi connectivity index (χ3v) is 3.40. The van der Waals surface area contributed by atoms with Crippen LogP contribution in [-0.2, 0) is 4.79 Å². The lowest BCUT2D eigenvalue weighted by molar-refractivity contribution is -0.384. The van der Waals surface area contributed by atoms with Gasteiger partial charge >= 0.3 is 0 Å². The molecular weight excluding hydrogens is 324 g/mol. The van der Waals surface area contributed by atoms with Crippen LogP contribution in [0.4, 0.5) is 11.4 Å². The van der Waals surface area contributed by atoms with Gasteiger partial charge in [-0.2, -0.15) is 5.10 Å². The second kappa shape index (κ2) is 9.11. The summed E-state index contributed by atoms with van der Waals surface area (Å²) >= 11 is 0. The van der Waals surface area contributed by atoms with Crippen molar-refractivity contribution in [2.75, 3.05) is 5.43 Å². The van der Waals surface area contributed by atoms with E-state index in [2.05, 4.69) is 15.5 Å². The largest absolute Gasteiger partial charge is 0.550 e. The fraction of sp³-hybridized carbons (Fsp3) is 0.235. The lowest BCUT2D eigenvalue weighted by atomic mass is 10.1. The molecule has 0 saturated heterocycles. The second-order valence-electron chi connectivity index (χ2n) is 5.27. The summed E-state index contributed by atoms with van der Waals surface area (Å²) in [7, 11) is 0. The van der Waals surface area contributed by atoms with E-state index in [-0.39, 0.29) is 12.1 Å². The fourth-order valence-corrected chi connectivity index (χ4v) is 2.13. The lowest BCUT2D eigenvalue weighted by Gasteiger charge is -2.08. The Bertz CT molecular complexity index is 745. The summed E-state index contributed by atoms with van der Waals surface area (Å²) in [6, 6.07) is 11.3. The molecule has 8 heteroatoms.